The molecule has 0 radical (unpaired) electrons. The highest BCUT2D eigenvalue weighted by molar-refractivity contribution is 7.94. The van der Waals surface area contributed by atoms with Gasteiger partial charge in [-0.3, -0.25) is 0 Å². The van der Waals surface area contributed by atoms with Gasteiger partial charge in [0.1, 0.15) is 21.7 Å². The number of fused-ring (bicyclic) bond motifs is 1. The van der Waals surface area contributed by atoms with Crippen LogP contribution in [0.3, 0.4) is 0 Å². The minimum absolute atomic E-state index is 0.0301. The molecule has 0 aliphatic heterocycles. The Labute approximate surface area is 186 Å². The van der Waals surface area contributed by atoms with E-state index < -0.39 is 10.0 Å². The molecular formula is C21H14ClN3O4S2. The molecule has 0 saturated heterocycles. The third-order valence-electron chi connectivity index (χ3n) is 4.54. The Morgan fingerprint density at radius 1 is 1.03 bits per heavy atom. The summed E-state index contributed by atoms with van der Waals surface area (Å²) in [5, 5.41) is 4.36. The first-order chi connectivity index (χ1) is 15.0. The van der Waals surface area contributed by atoms with Gasteiger partial charge < -0.3 is 8.94 Å². The van der Waals surface area contributed by atoms with Crippen molar-refractivity contribution in [1.29, 1.82) is 0 Å². The Morgan fingerprint density at radius 3 is 2.65 bits per heavy atom. The van der Waals surface area contributed by atoms with Gasteiger partial charge in [0.25, 0.3) is 10.0 Å². The third-order valence-corrected chi connectivity index (χ3v) is 8.07. The smallest absolute Gasteiger partial charge is 0.313 e. The van der Waals surface area contributed by atoms with Crippen LogP contribution in [-0.2, 0) is 16.6 Å². The summed E-state index contributed by atoms with van der Waals surface area (Å²) in [6, 6.07) is 19.1. The summed E-state index contributed by atoms with van der Waals surface area (Å²) in [5.41, 5.74) is 2.28. The molecule has 0 aliphatic carbocycles. The molecule has 3 aromatic heterocycles. The molecule has 0 saturated carbocycles. The van der Waals surface area contributed by atoms with E-state index in [9.17, 15) is 8.42 Å². The molecule has 0 N–H and O–H groups in total. The molecule has 3 heterocycles. The van der Waals surface area contributed by atoms with Crippen molar-refractivity contribution in [2.75, 3.05) is 4.31 Å². The van der Waals surface area contributed by atoms with E-state index >= 15 is 0 Å². The normalized spacial score (nSPS) is 11.8. The standard InChI is InChI=1S/C21H14ClN3O4S2/c22-15-6-7-18-17(12-15)23-21(29-18)25(13-14-4-2-1-3-5-14)31(26,27)20-9-8-19(30-20)16-10-11-28-24-16/h1-12H,13H2. The molecular weight excluding hydrogens is 458 g/mol. The van der Waals surface area contributed by atoms with Gasteiger partial charge in [0.05, 0.1) is 11.4 Å². The average molecular weight is 472 g/mol. The molecule has 5 aromatic rings. The SMILES string of the molecule is O=S(=O)(c1ccc(-c2ccon2)s1)N(Cc1ccccc1)c1nc2cc(Cl)ccc2o1. The van der Waals surface area contributed by atoms with Gasteiger partial charge >= 0.3 is 6.01 Å². The first-order valence-corrected chi connectivity index (χ1v) is 11.8. The average Bonchev–Trinajstić information content (AvgIpc) is 3.52. The molecule has 10 heteroatoms. The van der Waals surface area contributed by atoms with E-state index in [1.165, 1.54) is 6.26 Å². The molecule has 0 aliphatic rings. The van der Waals surface area contributed by atoms with Crippen LogP contribution in [0.4, 0.5) is 6.01 Å². The predicted octanol–water partition coefficient (Wildman–Crippen LogP) is 5.59. The fourth-order valence-corrected chi connectivity index (χ4v) is 5.93. The Bertz CT molecular complexity index is 1440. The predicted molar refractivity (Wildman–Crippen MR) is 119 cm³/mol. The van der Waals surface area contributed by atoms with Gasteiger partial charge in [-0.1, -0.05) is 47.1 Å². The summed E-state index contributed by atoms with van der Waals surface area (Å²) in [6.45, 7) is 0.0565. The second-order valence-corrected chi connectivity index (χ2v) is 10.2. The van der Waals surface area contributed by atoms with Crippen LogP contribution >= 0.6 is 22.9 Å². The Kier molecular flexibility index (Phi) is 5.01. The molecule has 0 unspecified atom stereocenters. The fraction of sp³-hybridized carbons (Fsp3) is 0.0476. The number of thiophene rings is 1. The number of hydrogen-bond acceptors (Lipinski definition) is 7. The lowest BCUT2D eigenvalue weighted by molar-refractivity contribution is 0.422. The van der Waals surface area contributed by atoms with Crippen LogP contribution in [-0.4, -0.2) is 18.6 Å². The lowest BCUT2D eigenvalue weighted by atomic mass is 10.2. The van der Waals surface area contributed by atoms with Crippen LogP contribution in [0.2, 0.25) is 5.02 Å². The van der Waals surface area contributed by atoms with Crippen molar-refractivity contribution in [2.45, 2.75) is 10.8 Å². The molecule has 7 nitrogen and oxygen atoms in total. The number of oxazole rings is 1. The highest BCUT2D eigenvalue weighted by atomic mass is 35.5. The Morgan fingerprint density at radius 2 is 1.87 bits per heavy atom. The number of aromatic nitrogens is 2. The molecule has 0 amide bonds. The number of rotatable bonds is 6. The lowest BCUT2D eigenvalue weighted by Crippen LogP contribution is -2.30. The summed E-state index contributed by atoms with van der Waals surface area (Å²) in [4.78, 5) is 5.07. The maximum atomic E-state index is 13.6. The fourth-order valence-electron chi connectivity index (χ4n) is 3.04. The van der Waals surface area contributed by atoms with E-state index in [-0.39, 0.29) is 16.8 Å². The van der Waals surface area contributed by atoms with Gasteiger partial charge in [-0.25, -0.2) is 12.7 Å². The quantitative estimate of drug-likeness (QED) is 0.320. The number of anilines is 1. The van der Waals surface area contributed by atoms with Crippen molar-refractivity contribution in [3.05, 3.63) is 83.6 Å². The largest absolute Gasteiger partial charge is 0.423 e. The third kappa shape index (κ3) is 3.83. The van der Waals surface area contributed by atoms with Gasteiger partial charge in [-0.05, 0) is 35.9 Å². The van der Waals surface area contributed by atoms with E-state index in [4.69, 9.17) is 20.5 Å². The molecule has 5 rings (SSSR count). The molecule has 0 fully saturated rings. The van der Waals surface area contributed by atoms with Crippen molar-refractivity contribution < 1.29 is 17.4 Å². The highest BCUT2D eigenvalue weighted by Gasteiger charge is 2.31. The number of sulfonamides is 1. The van der Waals surface area contributed by atoms with E-state index in [0.717, 1.165) is 21.2 Å². The van der Waals surface area contributed by atoms with Crippen LogP contribution < -0.4 is 4.31 Å². The summed E-state index contributed by atoms with van der Waals surface area (Å²) >= 11 is 7.15. The van der Waals surface area contributed by atoms with E-state index in [1.54, 1.807) is 36.4 Å². The van der Waals surface area contributed by atoms with Crippen LogP contribution in [0.5, 0.6) is 0 Å². The Hall–Kier alpha value is -3.14. The number of halogens is 1. The maximum absolute atomic E-state index is 13.6. The number of hydrogen-bond donors (Lipinski definition) is 0. The Balaban J connectivity index is 1.60. The molecule has 156 valence electrons. The van der Waals surface area contributed by atoms with Crippen molar-refractivity contribution in [3.63, 3.8) is 0 Å². The van der Waals surface area contributed by atoms with Gasteiger partial charge in [-0.15, -0.1) is 11.3 Å². The van der Waals surface area contributed by atoms with E-state index in [0.29, 0.717) is 26.7 Å². The first kappa shape index (κ1) is 19.8. The summed E-state index contributed by atoms with van der Waals surface area (Å²) in [5.74, 6) is 0. The van der Waals surface area contributed by atoms with Gasteiger partial charge in [-0.2, -0.15) is 4.98 Å². The van der Waals surface area contributed by atoms with E-state index in [2.05, 4.69) is 10.1 Å². The second-order valence-electron chi connectivity index (χ2n) is 6.61. The molecule has 2 aromatic carbocycles. The van der Waals surface area contributed by atoms with Crippen LogP contribution in [0.1, 0.15) is 5.56 Å². The molecule has 31 heavy (non-hydrogen) atoms. The topological polar surface area (TPSA) is 89.4 Å². The van der Waals surface area contributed by atoms with Crippen LogP contribution in [0.25, 0.3) is 21.7 Å². The highest BCUT2D eigenvalue weighted by Crippen LogP contribution is 2.35. The monoisotopic (exact) mass is 471 g/mol. The summed E-state index contributed by atoms with van der Waals surface area (Å²) < 4.78 is 39.2. The molecule has 0 atom stereocenters. The summed E-state index contributed by atoms with van der Waals surface area (Å²) in [6.07, 6.45) is 1.44. The zero-order chi connectivity index (χ0) is 21.4. The van der Waals surface area contributed by atoms with Crippen molar-refractivity contribution in [2.24, 2.45) is 0 Å². The van der Waals surface area contributed by atoms with Gasteiger partial charge in [0.2, 0.25) is 0 Å². The van der Waals surface area contributed by atoms with Gasteiger partial charge in [0.15, 0.2) is 5.58 Å². The zero-order valence-corrected chi connectivity index (χ0v) is 18.2. The lowest BCUT2D eigenvalue weighted by Gasteiger charge is -2.19. The second kappa shape index (κ2) is 7.84. The molecule has 0 spiro atoms. The molecule has 0 bridgehead atoms. The number of benzene rings is 2. The first-order valence-electron chi connectivity index (χ1n) is 9.14. The zero-order valence-electron chi connectivity index (χ0n) is 15.8. The minimum Gasteiger partial charge on any atom is -0.423 e. The van der Waals surface area contributed by atoms with E-state index in [1.807, 2.05) is 30.3 Å². The maximum Gasteiger partial charge on any atom is 0.313 e. The van der Waals surface area contributed by atoms with Crippen LogP contribution in [0.15, 0.2) is 86.1 Å². The van der Waals surface area contributed by atoms with Crippen molar-refractivity contribution >= 4 is 50.1 Å². The van der Waals surface area contributed by atoms with Crippen LogP contribution in [0, 0.1) is 0 Å². The number of nitrogens with zero attached hydrogens (tertiary/aromatic N) is 3. The van der Waals surface area contributed by atoms with Crippen molar-refractivity contribution in [1.82, 2.24) is 10.1 Å². The summed E-state index contributed by atoms with van der Waals surface area (Å²) in [7, 11) is -3.98. The van der Waals surface area contributed by atoms with Gasteiger partial charge in [0, 0.05) is 11.1 Å². The van der Waals surface area contributed by atoms with Crippen molar-refractivity contribution in [3.8, 4) is 10.6 Å². The minimum atomic E-state index is -3.98.